The molecular weight excluding hydrogens is 369 g/mol. The van der Waals surface area contributed by atoms with E-state index in [1.54, 1.807) is 4.68 Å². The Hall–Kier alpha value is -3.09. The Balaban J connectivity index is 2.22. The zero-order chi connectivity index (χ0) is 20.6. The van der Waals surface area contributed by atoms with Crippen molar-refractivity contribution in [2.24, 2.45) is 0 Å². The summed E-state index contributed by atoms with van der Waals surface area (Å²) in [5.74, 6) is -1.33. The first-order chi connectivity index (χ1) is 13.1. The van der Waals surface area contributed by atoms with Gasteiger partial charge in [0.15, 0.2) is 0 Å². The Morgan fingerprint density at radius 3 is 2.07 bits per heavy atom. The van der Waals surface area contributed by atoms with Crippen molar-refractivity contribution in [1.82, 2.24) is 9.78 Å². The van der Waals surface area contributed by atoms with Crippen molar-refractivity contribution in [2.75, 3.05) is 0 Å². The van der Waals surface area contributed by atoms with Gasteiger partial charge >= 0.3 is 12.1 Å². The number of hydrogen-bond donors (Lipinski definition) is 1. The molecule has 0 spiro atoms. The second-order valence-electron chi connectivity index (χ2n) is 6.89. The van der Waals surface area contributed by atoms with E-state index in [4.69, 9.17) is 0 Å². The largest absolute Gasteiger partial charge is 0.478 e. The number of aromatic carboxylic acids is 1. The molecule has 0 bridgehead atoms. The smallest absolute Gasteiger partial charge is 0.416 e. The third-order valence-corrected chi connectivity index (χ3v) is 4.45. The van der Waals surface area contributed by atoms with Crippen molar-refractivity contribution in [3.8, 4) is 16.9 Å². The summed E-state index contributed by atoms with van der Waals surface area (Å²) in [6, 6.07) is 11.8. The lowest BCUT2D eigenvalue weighted by Gasteiger charge is -2.11. The van der Waals surface area contributed by atoms with Crippen LogP contribution in [0.3, 0.4) is 0 Å². The molecule has 0 amide bonds. The van der Waals surface area contributed by atoms with Gasteiger partial charge in [0, 0.05) is 5.56 Å². The summed E-state index contributed by atoms with van der Waals surface area (Å²) in [5, 5.41) is 14.3. The molecule has 146 valence electrons. The third-order valence-electron chi connectivity index (χ3n) is 4.45. The van der Waals surface area contributed by atoms with Crippen LogP contribution < -0.4 is 0 Å². The van der Waals surface area contributed by atoms with E-state index < -0.39 is 17.7 Å². The topological polar surface area (TPSA) is 55.1 Å². The van der Waals surface area contributed by atoms with Crippen molar-refractivity contribution in [1.29, 1.82) is 0 Å². The monoisotopic (exact) mass is 388 g/mol. The number of nitrogens with zero attached hydrogens (tertiary/aromatic N) is 2. The molecule has 1 aromatic heterocycles. The number of aryl methyl sites for hydroxylation is 1. The molecule has 0 fully saturated rings. The molecule has 0 unspecified atom stereocenters. The van der Waals surface area contributed by atoms with Crippen LogP contribution in [0, 0.1) is 6.92 Å². The molecule has 3 aromatic rings. The Kier molecular flexibility index (Phi) is 5.02. The summed E-state index contributed by atoms with van der Waals surface area (Å²) in [6.07, 6.45) is -4.46. The highest BCUT2D eigenvalue weighted by molar-refractivity contribution is 5.96. The van der Waals surface area contributed by atoms with Crippen LogP contribution in [-0.4, -0.2) is 20.9 Å². The molecule has 4 nitrogen and oxygen atoms in total. The molecule has 0 aliphatic carbocycles. The minimum Gasteiger partial charge on any atom is -0.478 e. The van der Waals surface area contributed by atoms with Crippen molar-refractivity contribution >= 4 is 5.97 Å². The molecule has 2 aromatic carbocycles. The van der Waals surface area contributed by atoms with Gasteiger partial charge in [-0.25, -0.2) is 9.48 Å². The predicted octanol–water partition coefficient (Wildman–Crippen LogP) is 5.69. The van der Waals surface area contributed by atoms with E-state index in [1.165, 1.54) is 12.1 Å². The number of carboxylic acid groups (broad SMARTS) is 1. The summed E-state index contributed by atoms with van der Waals surface area (Å²) in [6.45, 7) is 5.64. The summed E-state index contributed by atoms with van der Waals surface area (Å²) in [4.78, 5) is 12.0. The zero-order valence-electron chi connectivity index (χ0n) is 15.6. The Labute approximate surface area is 160 Å². The van der Waals surface area contributed by atoms with Crippen LogP contribution in [0.5, 0.6) is 0 Å². The lowest BCUT2D eigenvalue weighted by molar-refractivity contribution is -0.137. The van der Waals surface area contributed by atoms with Gasteiger partial charge in [0.1, 0.15) is 11.3 Å². The average Bonchev–Trinajstić information content (AvgIpc) is 3.03. The highest BCUT2D eigenvalue weighted by Gasteiger charge is 2.31. The average molecular weight is 388 g/mol. The van der Waals surface area contributed by atoms with E-state index in [1.807, 2.05) is 45.0 Å². The summed E-state index contributed by atoms with van der Waals surface area (Å²) in [5.41, 5.74) is 1.89. The maximum absolute atomic E-state index is 12.8. The van der Waals surface area contributed by atoms with Crippen molar-refractivity contribution < 1.29 is 23.1 Å². The lowest BCUT2D eigenvalue weighted by atomic mass is 9.99. The maximum atomic E-state index is 12.8. The van der Waals surface area contributed by atoms with Gasteiger partial charge in [-0.1, -0.05) is 43.7 Å². The van der Waals surface area contributed by atoms with Crippen LogP contribution in [0.1, 0.15) is 46.9 Å². The molecule has 1 heterocycles. The summed E-state index contributed by atoms with van der Waals surface area (Å²) < 4.78 is 40.1. The van der Waals surface area contributed by atoms with E-state index in [9.17, 15) is 23.1 Å². The van der Waals surface area contributed by atoms with Crippen LogP contribution in [-0.2, 0) is 6.18 Å². The first kappa shape index (κ1) is 19.7. The van der Waals surface area contributed by atoms with Gasteiger partial charge in [-0.15, -0.1) is 0 Å². The molecule has 7 heteroatoms. The van der Waals surface area contributed by atoms with Crippen LogP contribution in [0.25, 0.3) is 16.9 Å². The first-order valence-electron chi connectivity index (χ1n) is 8.70. The summed E-state index contributed by atoms with van der Waals surface area (Å²) in [7, 11) is 0. The van der Waals surface area contributed by atoms with Crippen LogP contribution in [0.2, 0.25) is 0 Å². The molecular formula is C21H19F3N2O2. The van der Waals surface area contributed by atoms with Crippen LogP contribution in [0.15, 0.2) is 48.5 Å². The van der Waals surface area contributed by atoms with Crippen LogP contribution in [0.4, 0.5) is 13.2 Å². The molecule has 0 saturated heterocycles. The normalized spacial score (nSPS) is 11.8. The van der Waals surface area contributed by atoms with Gasteiger partial charge in [-0.3, -0.25) is 0 Å². The fraction of sp³-hybridized carbons (Fsp3) is 0.238. The number of hydrogen-bond acceptors (Lipinski definition) is 2. The van der Waals surface area contributed by atoms with Crippen molar-refractivity contribution in [3.05, 3.63) is 70.9 Å². The van der Waals surface area contributed by atoms with Gasteiger partial charge in [0.25, 0.3) is 0 Å². The fourth-order valence-corrected chi connectivity index (χ4v) is 3.08. The number of carboxylic acids is 1. The first-order valence-corrected chi connectivity index (χ1v) is 8.70. The van der Waals surface area contributed by atoms with Crippen molar-refractivity contribution in [2.45, 2.75) is 32.9 Å². The Morgan fingerprint density at radius 2 is 1.61 bits per heavy atom. The number of halogens is 3. The number of benzene rings is 2. The fourth-order valence-electron chi connectivity index (χ4n) is 3.08. The predicted molar refractivity (Wildman–Crippen MR) is 99.8 cm³/mol. The Morgan fingerprint density at radius 1 is 1.04 bits per heavy atom. The van der Waals surface area contributed by atoms with E-state index in [0.29, 0.717) is 16.9 Å². The van der Waals surface area contributed by atoms with Gasteiger partial charge in [0.2, 0.25) is 0 Å². The molecule has 0 saturated carbocycles. The van der Waals surface area contributed by atoms with Gasteiger partial charge in [-0.2, -0.15) is 18.3 Å². The molecule has 0 atom stereocenters. The van der Waals surface area contributed by atoms with Crippen LogP contribution >= 0.6 is 0 Å². The Bertz CT molecular complexity index is 1000. The second kappa shape index (κ2) is 7.14. The molecule has 28 heavy (non-hydrogen) atoms. The molecule has 0 aliphatic heterocycles. The number of carbonyl (C=O) groups is 1. The molecule has 0 radical (unpaired) electrons. The van der Waals surface area contributed by atoms with Gasteiger partial charge in [-0.05, 0) is 37.1 Å². The minimum atomic E-state index is -4.46. The van der Waals surface area contributed by atoms with Crippen molar-refractivity contribution in [3.63, 3.8) is 0 Å². The SMILES string of the molecule is Cc1ccc(-n2nc(-c3ccc(C(F)(F)F)cc3)c(C(=O)O)c2C(C)C)cc1. The summed E-state index contributed by atoms with van der Waals surface area (Å²) >= 11 is 0. The molecule has 3 rings (SSSR count). The molecule has 1 N–H and O–H groups in total. The van der Waals surface area contributed by atoms with E-state index in [0.717, 1.165) is 17.7 Å². The quantitative estimate of drug-likeness (QED) is 0.625. The number of alkyl halides is 3. The van der Waals surface area contributed by atoms with E-state index >= 15 is 0 Å². The number of aromatic nitrogens is 2. The van der Waals surface area contributed by atoms with E-state index in [-0.39, 0.29) is 17.2 Å². The van der Waals surface area contributed by atoms with Gasteiger partial charge in [0.05, 0.1) is 16.9 Å². The highest BCUT2D eigenvalue weighted by atomic mass is 19.4. The minimum absolute atomic E-state index is 0.00432. The third kappa shape index (κ3) is 3.65. The second-order valence-corrected chi connectivity index (χ2v) is 6.89. The molecule has 0 aliphatic rings. The van der Waals surface area contributed by atoms with E-state index in [2.05, 4.69) is 5.10 Å². The number of rotatable bonds is 4. The highest BCUT2D eigenvalue weighted by Crippen LogP contribution is 2.34. The zero-order valence-corrected chi connectivity index (χ0v) is 15.6. The standard InChI is InChI=1S/C21H19F3N2O2/c1-12(2)19-17(20(27)28)18(14-6-8-15(9-7-14)21(22,23)24)25-26(19)16-10-4-13(3)5-11-16/h4-12H,1-3H3,(H,27,28). The maximum Gasteiger partial charge on any atom is 0.416 e. The van der Waals surface area contributed by atoms with Gasteiger partial charge < -0.3 is 5.11 Å². The lowest BCUT2D eigenvalue weighted by Crippen LogP contribution is -2.08.